The molecule has 0 aromatic heterocycles. The number of unbranched alkanes of at least 4 members (excludes halogenated alkanes) is 7. The first kappa shape index (κ1) is 23.2. The van der Waals surface area contributed by atoms with Crippen molar-refractivity contribution in [3.63, 3.8) is 0 Å². The lowest BCUT2D eigenvalue weighted by Crippen LogP contribution is -2.30. The third-order valence-electron chi connectivity index (χ3n) is 5.27. The first-order valence-electron chi connectivity index (χ1n) is 11.2. The van der Waals surface area contributed by atoms with Crippen LogP contribution in [0, 0.1) is 0 Å². The van der Waals surface area contributed by atoms with E-state index in [4.69, 9.17) is 0 Å². The summed E-state index contributed by atoms with van der Waals surface area (Å²) >= 11 is 0. The molecule has 0 aliphatic carbocycles. The minimum absolute atomic E-state index is 0.368. The second kappa shape index (κ2) is 15.2. The summed E-state index contributed by atoms with van der Waals surface area (Å²) in [5.74, 6) is 0. The monoisotopic (exact) mass is 361 g/mol. The molecule has 0 bridgehead atoms. The van der Waals surface area contributed by atoms with Gasteiger partial charge < -0.3 is 10.0 Å². The van der Waals surface area contributed by atoms with Gasteiger partial charge >= 0.3 is 0 Å². The van der Waals surface area contributed by atoms with Crippen molar-refractivity contribution in [3.8, 4) is 0 Å². The van der Waals surface area contributed by atoms with E-state index in [9.17, 15) is 5.11 Å². The number of nitrogens with zero attached hydrogens (tertiary/aromatic N) is 1. The van der Waals surface area contributed by atoms with Crippen molar-refractivity contribution in [1.82, 2.24) is 4.90 Å². The highest BCUT2D eigenvalue weighted by molar-refractivity contribution is 5.24. The number of aliphatic hydroxyl groups is 1. The molecular formula is C24H43NO. The van der Waals surface area contributed by atoms with E-state index in [1.54, 1.807) is 0 Å². The van der Waals surface area contributed by atoms with Crippen LogP contribution >= 0.6 is 0 Å². The summed E-state index contributed by atoms with van der Waals surface area (Å²) in [6.07, 6.45) is 13.6. The van der Waals surface area contributed by atoms with Crippen LogP contribution in [0.2, 0.25) is 0 Å². The van der Waals surface area contributed by atoms with Crippen molar-refractivity contribution in [2.75, 3.05) is 19.6 Å². The zero-order valence-corrected chi connectivity index (χ0v) is 17.7. The fraction of sp³-hybridized carbons (Fsp3) is 0.750. The van der Waals surface area contributed by atoms with Crippen molar-refractivity contribution in [2.45, 2.75) is 97.5 Å². The molecule has 2 heteroatoms. The largest absolute Gasteiger partial charge is 0.387 e. The van der Waals surface area contributed by atoms with Gasteiger partial charge in [-0.3, -0.25) is 0 Å². The van der Waals surface area contributed by atoms with Gasteiger partial charge in [0.05, 0.1) is 6.10 Å². The van der Waals surface area contributed by atoms with Gasteiger partial charge in [0.2, 0.25) is 0 Å². The van der Waals surface area contributed by atoms with Crippen LogP contribution in [-0.4, -0.2) is 29.6 Å². The molecule has 0 saturated carbocycles. The molecule has 0 heterocycles. The first-order valence-corrected chi connectivity index (χ1v) is 11.2. The van der Waals surface area contributed by atoms with Gasteiger partial charge in [0.15, 0.2) is 0 Å². The van der Waals surface area contributed by atoms with Crippen LogP contribution in [0.3, 0.4) is 0 Å². The Balaban J connectivity index is 2.48. The van der Waals surface area contributed by atoms with E-state index in [2.05, 4.69) is 49.9 Å². The SMILES string of the molecule is CCCCCCc1ccc([C@H](O)CN(CCCCC)CCCCC)cc1. The van der Waals surface area contributed by atoms with Gasteiger partial charge in [0.1, 0.15) is 0 Å². The van der Waals surface area contributed by atoms with Crippen LogP contribution in [-0.2, 0) is 6.42 Å². The summed E-state index contributed by atoms with van der Waals surface area (Å²) in [7, 11) is 0. The van der Waals surface area contributed by atoms with Crippen LogP contribution in [0.5, 0.6) is 0 Å². The number of aliphatic hydroxyl groups excluding tert-OH is 1. The lowest BCUT2D eigenvalue weighted by atomic mass is 10.0. The average molecular weight is 362 g/mol. The fourth-order valence-electron chi connectivity index (χ4n) is 3.48. The molecule has 0 radical (unpaired) electrons. The summed E-state index contributed by atoms with van der Waals surface area (Å²) < 4.78 is 0. The van der Waals surface area contributed by atoms with Gasteiger partial charge in [-0.05, 0) is 49.9 Å². The van der Waals surface area contributed by atoms with Crippen molar-refractivity contribution in [1.29, 1.82) is 0 Å². The van der Waals surface area contributed by atoms with E-state index in [0.717, 1.165) is 31.6 Å². The number of aryl methyl sites for hydroxylation is 1. The van der Waals surface area contributed by atoms with Crippen molar-refractivity contribution < 1.29 is 5.11 Å². The van der Waals surface area contributed by atoms with Crippen LogP contribution in [0.4, 0.5) is 0 Å². The topological polar surface area (TPSA) is 23.5 Å². The molecule has 0 spiro atoms. The quantitative estimate of drug-likeness (QED) is 0.339. The smallest absolute Gasteiger partial charge is 0.0916 e. The summed E-state index contributed by atoms with van der Waals surface area (Å²) in [4.78, 5) is 2.47. The molecular weight excluding hydrogens is 318 g/mol. The maximum Gasteiger partial charge on any atom is 0.0916 e. The predicted octanol–water partition coefficient (Wildman–Crippen LogP) is 6.53. The van der Waals surface area contributed by atoms with E-state index in [-0.39, 0.29) is 6.10 Å². The summed E-state index contributed by atoms with van der Waals surface area (Å²) in [6.45, 7) is 9.75. The maximum absolute atomic E-state index is 10.7. The zero-order valence-electron chi connectivity index (χ0n) is 17.7. The highest BCUT2D eigenvalue weighted by Crippen LogP contribution is 2.18. The molecule has 1 rings (SSSR count). The summed E-state index contributed by atoms with van der Waals surface area (Å²) in [6, 6.07) is 8.69. The molecule has 1 atom stereocenters. The van der Waals surface area contributed by atoms with E-state index in [1.165, 1.54) is 69.8 Å². The molecule has 0 amide bonds. The summed E-state index contributed by atoms with van der Waals surface area (Å²) in [5, 5.41) is 10.7. The Bertz CT molecular complexity index is 418. The van der Waals surface area contributed by atoms with Gasteiger partial charge in [-0.2, -0.15) is 0 Å². The molecule has 1 aromatic carbocycles. The Morgan fingerprint density at radius 1 is 0.731 bits per heavy atom. The summed E-state index contributed by atoms with van der Waals surface area (Å²) in [5.41, 5.74) is 2.47. The van der Waals surface area contributed by atoms with Gasteiger partial charge in [0.25, 0.3) is 0 Å². The number of rotatable bonds is 16. The zero-order chi connectivity index (χ0) is 19.0. The van der Waals surface area contributed by atoms with Gasteiger partial charge in [0, 0.05) is 6.54 Å². The van der Waals surface area contributed by atoms with E-state index < -0.39 is 0 Å². The van der Waals surface area contributed by atoms with Gasteiger partial charge in [-0.25, -0.2) is 0 Å². The second-order valence-electron chi connectivity index (χ2n) is 7.78. The average Bonchev–Trinajstić information content (AvgIpc) is 2.66. The van der Waals surface area contributed by atoms with Crippen molar-refractivity contribution >= 4 is 0 Å². The van der Waals surface area contributed by atoms with Gasteiger partial charge in [-0.15, -0.1) is 0 Å². The fourth-order valence-corrected chi connectivity index (χ4v) is 3.48. The molecule has 0 saturated heterocycles. The van der Waals surface area contributed by atoms with Crippen molar-refractivity contribution in [3.05, 3.63) is 35.4 Å². The lowest BCUT2D eigenvalue weighted by Gasteiger charge is -2.25. The van der Waals surface area contributed by atoms with E-state index in [1.807, 2.05) is 0 Å². The third kappa shape index (κ3) is 10.3. The molecule has 26 heavy (non-hydrogen) atoms. The lowest BCUT2D eigenvalue weighted by molar-refractivity contribution is 0.110. The Morgan fingerprint density at radius 3 is 1.81 bits per heavy atom. The molecule has 150 valence electrons. The standard InChI is InChI=1S/C24H43NO/c1-4-7-10-11-14-22-15-17-23(18-16-22)24(26)21-25(19-12-8-5-2)20-13-9-6-3/h15-18,24,26H,4-14,19-21H2,1-3H3/t24-/m1/s1. The molecule has 0 aliphatic heterocycles. The first-order chi connectivity index (χ1) is 12.7. The molecule has 2 nitrogen and oxygen atoms in total. The molecule has 0 aliphatic rings. The molecule has 0 fully saturated rings. The molecule has 0 unspecified atom stereocenters. The number of benzene rings is 1. The minimum atomic E-state index is -0.368. The minimum Gasteiger partial charge on any atom is -0.387 e. The Morgan fingerprint density at radius 2 is 1.27 bits per heavy atom. The highest BCUT2D eigenvalue weighted by atomic mass is 16.3. The van der Waals surface area contributed by atoms with Gasteiger partial charge in [-0.1, -0.05) is 90.0 Å². The molecule has 1 aromatic rings. The number of hydrogen-bond donors (Lipinski definition) is 1. The highest BCUT2D eigenvalue weighted by Gasteiger charge is 2.13. The Kier molecular flexibility index (Phi) is 13.6. The van der Waals surface area contributed by atoms with Crippen LogP contribution in [0.15, 0.2) is 24.3 Å². The Labute approximate surface area is 163 Å². The number of hydrogen-bond acceptors (Lipinski definition) is 2. The third-order valence-corrected chi connectivity index (χ3v) is 5.27. The maximum atomic E-state index is 10.7. The predicted molar refractivity (Wildman–Crippen MR) is 115 cm³/mol. The van der Waals surface area contributed by atoms with E-state index in [0.29, 0.717) is 0 Å². The van der Waals surface area contributed by atoms with Crippen LogP contribution in [0.25, 0.3) is 0 Å². The molecule has 1 N–H and O–H groups in total. The second-order valence-corrected chi connectivity index (χ2v) is 7.78. The van der Waals surface area contributed by atoms with E-state index >= 15 is 0 Å². The normalized spacial score (nSPS) is 12.7. The van der Waals surface area contributed by atoms with Crippen LogP contribution in [0.1, 0.15) is 102 Å². The van der Waals surface area contributed by atoms with Crippen LogP contribution < -0.4 is 0 Å². The Hall–Kier alpha value is -0.860. The van der Waals surface area contributed by atoms with Crippen molar-refractivity contribution in [2.24, 2.45) is 0 Å².